The Balaban J connectivity index is 2.35. The first-order valence-corrected chi connectivity index (χ1v) is 11.0. The molecule has 1 unspecified atom stereocenters. The van der Waals surface area contributed by atoms with E-state index in [4.69, 9.17) is 24.4 Å². The molecule has 0 saturated heterocycles. The SMILES string of the molecule is CCOC(=O)NC(=N)c1ccc(NC(C(=O)OCC)c2cc(OCC)cc(OCC)c2F)cc1. The van der Waals surface area contributed by atoms with E-state index < -0.39 is 23.9 Å². The summed E-state index contributed by atoms with van der Waals surface area (Å²) in [6, 6.07) is 8.00. The number of carbonyl (C=O) groups excluding carboxylic acids is 2. The van der Waals surface area contributed by atoms with Crippen molar-refractivity contribution in [3.05, 3.63) is 53.3 Å². The second-order valence-electron chi connectivity index (χ2n) is 6.82. The molecule has 2 aromatic rings. The van der Waals surface area contributed by atoms with Crippen molar-refractivity contribution >= 4 is 23.6 Å². The third-order valence-electron chi connectivity index (χ3n) is 4.47. The summed E-state index contributed by atoms with van der Waals surface area (Å²) in [5, 5.41) is 13.3. The average Bonchev–Trinajstić information content (AvgIpc) is 2.80. The van der Waals surface area contributed by atoms with Gasteiger partial charge in [-0.25, -0.2) is 14.0 Å². The summed E-state index contributed by atoms with van der Waals surface area (Å²) in [5.74, 6) is -1.21. The Morgan fingerprint density at radius 3 is 2.18 bits per heavy atom. The summed E-state index contributed by atoms with van der Waals surface area (Å²) < 4.78 is 36.1. The summed E-state index contributed by atoms with van der Waals surface area (Å²) in [4.78, 5) is 24.3. The minimum atomic E-state index is -1.19. The lowest BCUT2D eigenvalue weighted by Gasteiger charge is -2.21. The fraction of sp³-hybridized carbons (Fsp3) is 0.375. The molecule has 0 aliphatic rings. The molecular weight excluding hydrogens is 445 g/mol. The highest BCUT2D eigenvalue weighted by Crippen LogP contribution is 2.33. The number of amides is 1. The minimum absolute atomic E-state index is 0.00801. The Morgan fingerprint density at radius 2 is 1.59 bits per heavy atom. The van der Waals surface area contributed by atoms with Gasteiger partial charge in [0, 0.05) is 22.9 Å². The van der Waals surface area contributed by atoms with Gasteiger partial charge in [0.2, 0.25) is 0 Å². The smallest absolute Gasteiger partial charge is 0.412 e. The maximum absolute atomic E-state index is 15.3. The molecule has 0 saturated carbocycles. The molecule has 0 aliphatic carbocycles. The molecule has 3 N–H and O–H groups in total. The molecule has 2 rings (SSSR count). The number of esters is 1. The predicted octanol–water partition coefficient (Wildman–Crippen LogP) is 4.41. The monoisotopic (exact) mass is 475 g/mol. The zero-order valence-corrected chi connectivity index (χ0v) is 19.7. The molecule has 0 aromatic heterocycles. The van der Waals surface area contributed by atoms with Crippen LogP contribution in [0.4, 0.5) is 14.9 Å². The Bertz CT molecular complexity index is 997. The van der Waals surface area contributed by atoms with Gasteiger partial charge in [-0.1, -0.05) is 0 Å². The molecule has 2 aromatic carbocycles. The second kappa shape index (κ2) is 13.0. The number of ether oxygens (including phenoxy) is 4. The number of carbonyl (C=O) groups is 2. The van der Waals surface area contributed by atoms with Gasteiger partial charge < -0.3 is 24.3 Å². The van der Waals surface area contributed by atoms with Gasteiger partial charge in [-0.05, 0) is 58.0 Å². The van der Waals surface area contributed by atoms with E-state index in [1.165, 1.54) is 12.1 Å². The molecule has 0 radical (unpaired) electrons. The van der Waals surface area contributed by atoms with E-state index in [1.807, 2.05) is 0 Å². The number of nitrogens with one attached hydrogen (secondary N) is 3. The highest BCUT2D eigenvalue weighted by molar-refractivity contribution is 6.04. The summed E-state index contributed by atoms with van der Waals surface area (Å²) in [6.45, 7) is 7.71. The van der Waals surface area contributed by atoms with Crippen LogP contribution < -0.4 is 20.1 Å². The van der Waals surface area contributed by atoms with E-state index in [0.29, 0.717) is 23.6 Å². The maximum atomic E-state index is 15.3. The molecule has 0 spiro atoms. The quantitative estimate of drug-likeness (QED) is 0.250. The molecule has 0 aliphatic heterocycles. The Kier molecular flexibility index (Phi) is 10.1. The van der Waals surface area contributed by atoms with Crippen LogP contribution in [0.2, 0.25) is 0 Å². The standard InChI is InChI=1S/C24H30FN3O6/c1-5-31-17-13-18(20(25)19(14-17)32-6-2)21(23(29)33-7-3)27-16-11-9-15(10-12-16)22(26)28-24(30)34-8-4/h9-14,21,27H,5-8H2,1-4H3,(H2,26,28,30). The van der Waals surface area contributed by atoms with Crippen molar-refractivity contribution in [1.29, 1.82) is 5.41 Å². The fourth-order valence-electron chi connectivity index (χ4n) is 3.04. The molecule has 1 atom stereocenters. The Morgan fingerprint density at radius 1 is 0.941 bits per heavy atom. The van der Waals surface area contributed by atoms with Crippen molar-refractivity contribution in [2.75, 3.05) is 31.7 Å². The van der Waals surface area contributed by atoms with Crippen molar-refractivity contribution in [3.63, 3.8) is 0 Å². The Labute approximate surface area is 198 Å². The first-order chi connectivity index (χ1) is 16.3. The summed E-state index contributed by atoms with van der Waals surface area (Å²) in [5.41, 5.74) is 0.882. The lowest BCUT2D eigenvalue weighted by atomic mass is 10.0. The largest absolute Gasteiger partial charge is 0.494 e. The minimum Gasteiger partial charge on any atom is -0.494 e. The zero-order valence-electron chi connectivity index (χ0n) is 19.7. The number of anilines is 1. The van der Waals surface area contributed by atoms with E-state index in [0.717, 1.165) is 0 Å². The van der Waals surface area contributed by atoms with Crippen molar-refractivity contribution in [2.45, 2.75) is 33.7 Å². The van der Waals surface area contributed by atoms with Crippen LogP contribution in [0, 0.1) is 11.2 Å². The van der Waals surface area contributed by atoms with Gasteiger partial charge in [0.25, 0.3) is 0 Å². The molecule has 10 heteroatoms. The van der Waals surface area contributed by atoms with Crippen molar-refractivity contribution in [1.82, 2.24) is 5.32 Å². The van der Waals surface area contributed by atoms with Gasteiger partial charge in [0.15, 0.2) is 17.6 Å². The molecule has 0 fully saturated rings. The van der Waals surface area contributed by atoms with Crippen LogP contribution in [-0.4, -0.2) is 44.3 Å². The summed E-state index contributed by atoms with van der Waals surface area (Å²) in [7, 11) is 0. The van der Waals surface area contributed by atoms with E-state index >= 15 is 4.39 Å². The molecule has 34 heavy (non-hydrogen) atoms. The summed E-state index contributed by atoms with van der Waals surface area (Å²) in [6.07, 6.45) is -0.730. The topological polar surface area (TPSA) is 119 Å². The van der Waals surface area contributed by atoms with Crippen LogP contribution in [0.25, 0.3) is 0 Å². The Hall–Kier alpha value is -3.82. The number of rotatable bonds is 11. The third-order valence-corrected chi connectivity index (χ3v) is 4.47. The van der Waals surface area contributed by atoms with E-state index in [-0.39, 0.29) is 37.0 Å². The highest BCUT2D eigenvalue weighted by Gasteiger charge is 2.28. The fourth-order valence-corrected chi connectivity index (χ4v) is 3.04. The third kappa shape index (κ3) is 7.09. The van der Waals surface area contributed by atoms with Crippen LogP contribution in [0.15, 0.2) is 36.4 Å². The lowest BCUT2D eigenvalue weighted by Crippen LogP contribution is -2.31. The second-order valence-corrected chi connectivity index (χ2v) is 6.82. The van der Waals surface area contributed by atoms with Gasteiger partial charge in [0.1, 0.15) is 11.6 Å². The van der Waals surface area contributed by atoms with Crippen LogP contribution >= 0.6 is 0 Å². The van der Waals surface area contributed by atoms with E-state index in [9.17, 15) is 9.59 Å². The van der Waals surface area contributed by atoms with Crippen LogP contribution in [0.5, 0.6) is 11.5 Å². The van der Waals surface area contributed by atoms with Crippen molar-refractivity contribution < 1.29 is 32.9 Å². The van der Waals surface area contributed by atoms with Gasteiger partial charge in [-0.15, -0.1) is 0 Å². The predicted molar refractivity (Wildman–Crippen MR) is 125 cm³/mol. The van der Waals surface area contributed by atoms with Gasteiger partial charge >= 0.3 is 12.1 Å². The number of hydrogen-bond acceptors (Lipinski definition) is 8. The molecule has 0 heterocycles. The van der Waals surface area contributed by atoms with Gasteiger partial charge in [-0.2, -0.15) is 0 Å². The number of amidine groups is 1. The zero-order chi connectivity index (χ0) is 25.1. The van der Waals surface area contributed by atoms with Crippen LogP contribution in [0.3, 0.4) is 0 Å². The van der Waals surface area contributed by atoms with Gasteiger partial charge in [0.05, 0.1) is 26.4 Å². The van der Waals surface area contributed by atoms with E-state index in [1.54, 1.807) is 52.0 Å². The lowest BCUT2D eigenvalue weighted by molar-refractivity contribution is -0.144. The molecule has 1 amide bonds. The van der Waals surface area contributed by atoms with Crippen LogP contribution in [-0.2, 0) is 14.3 Å². The van der Waals surface area contributed by atoms with Crippen LogP contribution in [0.1, 0.15) is 44.9 Å². The number of hydrogen-bond donors (Lipinski definition) is 3. The average molecular weight is 476 g/mol. The molecule has 9 nitrogen and oxygen atoms in total. The number of halogens is 1. The first-order valence-electron chi connectivity index (χ1n) is 11.0. The maximum Gasteiger partial charge on any atom is 0.412 e. The molecular formula is C24H30FN3O6. The summed E-state index contributed by atoms with van der Waals surface area (Å²) >= 11 is 0. The molecule has 184 valence electrons. The van der Waals surface area contributed by atoms with E-state index in [2.05, 4.69) is 10.6 Å². The normalized spacial score (nSPS) is 11.2. The molecule has 0 bridgehead atoms. The number of alkyl carbamates (subject to hydrolysis) is 1. The number of benzene rings is 2. The van der Waals surface area contributed by atoms with Gasteiger partial charge in [-0.3, -0.25) is 10.7 Å². The first kappa shape index (κ1) is 26.4. The van der Waals surface area contributed by atoms with Crippen molar-refractivity contribution in [2.24, 2.45) is 0 Å². The van der Waals surface area contributed by atoms with Crippen molar-refractivity contribution in [3.8, 4) is 11.5 Å². The highest BCUT2D eigenvalue weighted by atomic mass is 19.1.